The molecule has 0 amide bonds. The molecule has 28 heavy (non-hydrogen) atoms. The van der Waals surface area contributed by atoms with E-state index in [1.807, 2.05) is 12.3 Å². The number of aliphatic imine (C=N–C) groups is 1. The van der Waals surface area contributed by atoms with Gasteiger partial charge in [0.25, 0.3) is 0 Å². The summed E-state index contributed by atoms with van der Waals surface area (Å²) in [6.07, 6.45) is 8.56. The SMILES string of the molecule is CCNC(=NCc1cccnc1N1CCN(C)CC1)NCC1(CC)CCCC1. The van der Waals surface area contributed by atoms with Gasteiger partial charge >= 0.3 is 0 Å². The Morgan fingerprint density at radius 3 is 2.57 bits per heavy atom. The summed E-state index contributed by atoms with van der Waals surface area (Å²) >= 11 is 0. The fraction of sp³-hybridized carbons (Fsp3) is 0.727. The van der Waals surface area contributed by atoms with E-state index >= 15 is 0 Å². The molecule has 1 aromatic heterocycles. The van der Waals surface area contributed by atoms with Gasteiger partial charge in [-0.05, 0) is 44.7 Å². The van der Waals surface area contributed by atoms with Crippen LogP contribution in [-0.2, 0) is 6.54 Å². The molecule has 6 nitrogen and oxygen atoms in total. The maximum atomic E-state index is 4.90. The highest BCUT2D eigenvalue weighted by Crippen LogP contribution is 2.40. The maximum absolute atomic E-state index is 4.90. The lowest BCUT2D eigenvalue weighted by molar-refractivity contribution is 0.283. The molecule has 0 spiro atoms. The normalized spacial score (nSPS) is 20.4. The van der Waals surface area contributed by atoms with Crippen LogP contribution in [0.3, 0.4) is 0 Å². The number of anilines is 1. The van der Waals surface area contributed by atoms with Crippen LogP contribution in [0.15, 0.2) is 23.3 Å². The molecule has 1 saturated carbocycles. The maximum Gasteiger partial charge on any atom is 0.191 e. The third-order valence-electron chi connectivity index (χ3n) is 6.47. The predicted octanol–water partition coefficient (Wildman–Crippen LogP) is 2.86. The molecular weight excluding hydrogens is 348 g/mol. The van der Waals surface area contributed by atoms with Crippen LogP contribution < -0.4 is 15.5 Å². The number of likely N-dealkylation sites (N-methyl/N-ethyl adjacent to an activating group) is 1. The summed E-state index contributed by atoms with van der Waals surface area (Å²) in [6.45, 7) is 11.2. The Morgan fingerprint density at radius 2 is 1.89 bits per heavy atom. The van der Waals surface area contributed by atoms with Crippen LogP contribution in [-0.4, -0.2) is 62.2 Å². The zero-order chi connectivity index (χ0) is 19.8. The summed E-state index contributed by atoms with van der Waals surface area (Å²) in [4.78, 5) is 14.4. The highest BCUT2D eigenvalue weighted by molar-refractivity contribution is 5.79. The molecule has 0 aromatic carbocycles. The number of pyridine rings is 1. The van der Waals surface area contributed by atoms with E-state index < -0.39 is 0 Å². The number of guanidine groups is 1. The molecule has 1 aliphatic carbocycles. The van der Waals surface area contributed by atoms with Crippen LogP contribution in [0.1, 0.15) is 51.5 Å². The number of nitrogens with zero attached hydrogens (tertiary/aromatic N) is 4. The smallest absolute Gasteiger partial charge is 0.191 e. The number of aromatic nitrogens is 1. The molecule has 0 bridgehead atoms. The van der Waals surface area contributed by atoms with Crippen molar-refractivity contribution in [2.45, 2.75) is 52.5 Å². The minimum atomic E-state index is 0.454. The van der Waals surface area contributed by atoms with E-state index in [-0.39, 0.29) is 0 Å². The average molecular weight is 387 g/mol. The highest BCUT2D eigenvalue weighted by atomic mass is 15.3. The molecule has 2 heterocycles. The van der Waals surface area contributed by atoms with E-state index in [0.29, 0.717) is 12.0 Å². The lowest BCUT2D eigenvalue weighted by Gasteiger charge is -2.34. The molecular formula is C22H38N6. The minimum Gasteiger partial charge on any atom is -0.357 e. The standard InChI is InChI=1S/C22H38N6/c1-4-22(10-6-7-11-22)18-26-21(23-5-2)25-17-19-9-8-12-24-20(19)28-15-13-27(3)14-16-28/h8-9,12H,4-7,10-11,13-18H2,1-3H3,(H2,23,25,26). The highest BCUT2D eigenvalue weighted by Gasteiger charge is 2.31. The summed E-state index contributed by atoms with van der Waals surface area (Å²) in [5, 5.41) is 7.05. The largest absolute Gasteiger partial charge is 0.357 e. The van der Waals surface area contributed by atoms with Crippen molar-refractivity contribution in [2.24, 2.45) is 10.4 Å². The van der Waals surface area contributed by atoms with Gasteiger partial charge in [0.05, 0.1) is 6.54 Å². The van der Waals surface area contributed by atoms with Crippen molar-refractivity contribution in [3.05, 3.63) is 23.9 Å². The third kappa shape index (κ3) is 5.37. The van der Waals surface area contributed by atoms with E-state index in [0.717, 1.165) is 51.0 Å². The fourth-order valence-corrected chi connectivity index (χ4v) is 4.41. The van der Waals surface area contributed by atoms with Crippen LogP contribution in [0.4, 0.5) is 5.82 Å². The molecule has 1 aromatic rings. The van der Waals surface area contributed by atoms with Crippen LogP contribution in [0.25, 0.3) is 0 Å². The van der Waals surface area contributed by atoms with Gasteiger partial charge in [0.15, 0.2) is 5.96 Å². The predicted molar refractivity (Wildman–Crippen MR) is 118 cm³/mol. The van der Waals surface area contributed by atoms with Crippen LogP contribution in [0.2, 0.25) is 0 Å². The van der Waals surface area contributed by atoms with Gasteiger partial charge in [0.2, 0.25) is 0 Å². The molecule has 1 saturated heterocycles. The Kier molecular flexibility index (Phi) is 7.54. The first kappa shape index (κ1) is 20.9. The third-order valence-corrected chi connectivity index (χ3v) is 6.47. The summed E-state index contributed by atoms with van der Waals surface area (Å²) in [5.41, 5.74) is 1.66. The number of nitrogens with one attached hydrogen (secondary N) is 2. The Hall–Kier alpha value is -1.82. The van der Waals surface area contributed by atoms with Crippen molar-refractivity contribution < 1.29 is 0 Å². The van der Waals surface area contributed by atoms with Gasteiger partial charge in [0, 0.05) is 51.0 Å². The second-order valence-electron chi connectivity index (χ2n) is 8.39. The number of hydrogen-bond donors (Lipinski definition) is 2. The zero-order valence-electron chi connectivity index (χ0n) is 18.0. The Labute approximate surface area is 170 Å². The Bertz CT molecular complexity index is 630. The first-order valence-electron chi connectivity index (χ1n) is 11.1. The van der Waals surface area contributed by atoms with Gasteiger partial charge in [-0.1, -0.05) is 25.8 Å². The van der Waals surface area contributed by atoms with Gasteiger partial charge < -0.3 is 20.4 Å². The first-order chi connectivity index (χ1) is 13.7. The van der Waals surface area contributed by atoms with Gasteiger partial charge in [-0.3, -0.25) is 0 Å². The molecule has 2 aliphatic rings. The monoisotopic (exact) mass is 386 g/mol. The molecule has 1 aliphatic heterocycles. The van der Waals surface area contributed by atoms with E-state index in [2.05, 4.69) is 52.4 Å². The fourth-order valence-electron chi connectivity index (χ4n) is 4.41. The number of piperazine rings is 1. The average Bonchev–Trinajstić information content (AvgIpc) is 3.20. The van der Waals surface area contributed by atoms with Crippen LogP contribution >= 0.6 is 0 Å². The van der Waals surface area contributed by atoms with E-state index in [1.54, 1.807) is 0 Å². The molecule has 2 N–H and O–H groups in total. The number of rotatable bonds is 7. The number of hydrogen-bond acceptors (Lipinski definition) is 4. The van der Waals surface area contributed by atoms with E-state index in [1.165, 1.54) is 37.7 Å². The van der Waals surface area contributed by atoms with Gasteiger partial charge in [-0.2, -0.15) is 0 Å². The molecule has 2 fully saturated rings. The summed E-state index contributed by atoms with van der Waals surface area (Å²) in [6, 6.07) is 4.19. The minimum absolute atomic E-state index is 0.454. The van der Waals surface area contributed by atoms with Crippen molar-refractivity contribution in [2.75, 3.05) is 51.2 Å². The van der Waals surface area contributed by atoms with Gasteiger partial charge in [-0.15, -0.1) is 0 Å². The lowest BCUT2D eigenvalue weighted by atomic mass is 9.83. The van der Waals surface area contributed by atoms with Crippen molar-refractivity contribution in [1.29, 1.82) is 0 Å². The van der Waals surface area contributed by atoms with E-state index in [4.69, 9.17) is 4.99 Å². The summed E-state index contributed by atoms with van der Waals surface area (Å²) in [5.74, 6) is 2.02. The topological polar surface area (TPSA) is 55.8 Å². The molecule has 0 unspecified atom stereocenters. The molecule has 3 rings (SSSR count). The zero-order valence-corrected chi connectivity index (χ0v) is 18.0. The molecule has 0 atom stereocenters. The second-order valence-corrected chi connectivity index (χ2v) is 8.39. The Morgan fingerprint density at radius 1 is 1.14 bits per heavy atom. The van der Waals surface area contributed by atoms with Crippen molar-refractivity contribution in [3.63, 3.8) is 0 Å². The Balaban J connectivity index is 1.66. The lowest BCUT2D eigenvalue weighted by Crippen LogP contribution is -2.45. The van der Waals surface area contributed by atoms with Crippen molar-refractivity contribution in [3.8, 4) is 0 Å². The van der Waals surface area contributed by atoms with Crippen LogP contribution in [0.5, 0.6) is 0 Å². The molecule has 6 heteroatoms. The summed E-state index contributed by atoms with van der Waals surface area (Å²) < 4.78 is 0. The van der Waals surface area contributed by atoms with Gasteiger partial charge in [-0.25, -0.2) is 9.98 Å². The second kappa shape index (κ2) is 10.1. The van der Waals surface area contributed by atoms with Crippen molar-refractivity contribution in [1.82, 2.24) is 20.5 Å². The van der Waals surface area contributed by atoms with Crippen LogP contribution in [0, 0.1) is 5.41 Å². The summed E-state index contributed by atoms with van der Waals surface area (Å²) in [7, 11) is 2.18. The van der Waals surface area contributed by atoms with E-state index in [9.17, 15) is 0 Å². The van der Waals surface area contributed by atoms with Crippen molar-refractivity contribution >= 4 is 11.8 Å². The molecule has 156 valence electrons. The molecule has 0 radical (unpaired) electrons. The first-order valence-corrected chi connectivity index (χ1v) is 11.1. The quantitative estimate of drug-likeness (QED) is 0.557. The van der Waals surface area contributed by atoms with Gasteiger partial charge in [0.1, 0.15) is 5.82 Å².